The summed E-state index contributed by atoms with van der Waals surface area (Å²) in [6.45, 7) is 6.00. The van der Waals surface area contributed by atoms with E-state index in [9.17, 15) is 4.79 Å². The summed E-state index contributed by atoms with van der Waals surface area (Å²) in [5.74, 6) is 0.622. The van der Waals surface area contributed by atoms with Crippen molar-refractivity contribution in [2.24, 2.45) is 0 Å². The van der Waals surface area contributed by atoms with Crippen LogP contribution in [0.2, 0.25) is 0 Å². The van der Waals surface area contributed by atoms with Gasteiger partial charge in [-0.2, -0.15) is 0 Å². The highest BCUT2D eigenvalue weighted by molar-refractivity contribution is 5.83. The van der Waals surface area contributed by atoms with Gasteiger partial charge in [0.25, 0.3) is 0 Å². The molecular formula is C7H13O2. The van der Waals surface area contributed by atoms with E-state index in [1.807, 2.05) is 6.92 Å². The topological polar surface area (TPSA) is 26.3 Å². The van der Waals surface area contributed by atoms with E-state index in [2.05, 4.69) is 0 Å². The minimum atomic E-state index is -0.167. The number of hydrogen-bond donors (Lipinski definition) is 0. The first kappa shape index (κ1) is 8.47. The summed E-state index contributed by atoms with van der Waals surface area (Å²) in [7, 11) is 0. The van der Waals surface area contributed by atoms with Gasteiger partial charge in [-0.25, -0.2) is 0 Å². The lowest BCUT2D eigenvalue weighted by Gasteiger charge is -2.04. The van der Waals surface area contributed by atoms with Crippen molar-refractivity contribution in [1.82, 2.24) is 0 Å². The van der Waals surface area contributed by atoms with Crippen molar-refractivity contribution in [2.75, 3.05) is 6.61 Å². The van der Waals surface area contributed by atoms with Crippen LogP contribution < -0.4 is 0 Å². The van der Waals surface area contributed by atoms with Crippen molar-refractivity contribution >= 4 is 5.97 Å². The van der Waals surface area contributed by atoms with Gasteiger partial charge in [-0.3, -0.25) is 4.79 Å². The second kappa shape index (κ2) is 4.36. The Hall–Kier alpha value is -0.530. The van der Waals surface area contributed by atoms with E-state index in [1.165, 1.54) is 0 Å². The number of hydrogen-bond acceptors (Lipinski definition) is 2. The van der Waals surface area contributed by atoms with E-state index in [1.54, 1.807) is 13.8 Å². The van der Waals surface area contributed by atoms with Crippen molar-refractivity contribution in [2.45, 2.75) is 27.2 Å². The lowest BCUT2D eigenvalue weighted by molar-refractivity contribution is -0.140. The minimum absolute atomic E-state index is 0.167. The Morgan fingerprint density at radius 2 is 2.00 bits per heavy atom. The second-order valence-corrected chi connectivity index (χ2v) is 1.85. The van der Waals surface area contributed by atoms with Crippen LogP contribution in [0.4, 0.5) is 0 Å². The average molecular weight is 129 g/mol. The number of carbonyl (C=O) groups excluding carboxylic acids is 1. The van der Waals surface area contributed by atoms with Crippen LogP contribution in [-0.2, 0) is 9.53 Å². The van der Waals surface area contributed by atoms with Crippen LogP contribution in [0.25, 0.3) is 0 Å². The number of ether oxygens (including phenoxy) is 1. The molecular weight excluding hydrogens is 116 g/mol. The molecule has 0 aromatic rings. The van der Waals surface area contributed by atoms with E-state index in [0.717, 1.165) is 12.3 Å². The van der Waals surface area contributed by atoms with Gasteiger partial charge in [0, 0.05) is 0 Å². The van der Waals surface area contributed by atoms with Crippen molar-refractivity contribution in [3.63, 3.8) is 0 Å². The molecule has 2 heteroatoms. The Balaban J connectivity index is 3.46. The fourth-order valence-corrected chi connectivity index (χ4v) is 0.399. The van der Waals surface area contributed by atoms with Gasteiger partial charge in [0.1, 0.15) is 0 Å². The van der Waals surface area contributed by atoms with E-state index in [0.29, 0.717) is 6.61 Å². The fourth-order valence-electron chi connectivity index (χ4n) is 0.399. The highest BCUT2D eigenvalue weighted by atomic mass is 16.5. The summed E-state index contributed by atoms with van der Waals surface area (Å²) < 4.78 is 4.72. The molecule has 0 unspecified atom stereocenters. The molecule has 0 bridgehead atoms. The van der Waals surface area contributed by atoms with Crippen LogP contribution >= 0.6 is 0 Å². The molecule has 0 aliphatic heterocycles. The number of carbonyl (C=O) groups is 1. The van der Waals surface area contributed by atoms with Gasteiger partial charge in [0.2, 0.25) is 0 Å². The third-order valence-corrected chi connectivity index (χ3v) is 1.15. The molecule has 9 heavy (non-hydrogen) atoms. The predicted octanol–water partition coefficient (Wildman–Crippen LogP) is 1.55. The first-order valence-corrected chi connectivity index (χ1v) is 3.21. The predicted molar refractivity (Wildman–Crippen MR) is 35.8 cm³/mol. The van der Waals surface area contributed by atoms with Crippen LogP contribution in [0.1, 0.15) is 27.2 Å². The molecule has 0 saturated heterocycles. The van der Waals surface area contributed by atoms with Gasteiger partial charge < -0.3 is 4.74 Å². The van der Waals surface area contributed by atoms with E-state index in [4.69, 9.17) is 4.74 Å². The van der Waals surface area contributed by atoms with Gasteiger partial charge in [-0.15, -0.1) is 0 Å². The van der Waals surface area contributed by atoms with Crippen LogP contribution in [0.15, 0.2) is 0 Å². The molecule has 1 radical (unpaired) electrons. The minimum Gasteiger partial charge on any atom is -0.466 e. The van der Waals surface area contributed by atoms with Gasteiger partial charge in [0.05, 0.1) is 12.5 Å². The molecule has 0 rings (SSSR count). The largest absolute Gasteiger partial charge is 0.466 e. The maximum Gasteiger partial charge on any atom is 0.312 e. The maximum absolute atomic E-state index is 10.7. The molecule has 0 aromatic heterocycles. The summed E-state index contributed by atoms with van der Waals surface area (Å²) in [6.07, 6.45) is 0.777. The van der Waals surface area contributed by atoms with Gasteiger partial charge in [-0.1, -0.05) is 6.92 Å². The summed E-state index contributed by atoms with van der Waals surface area (Å²) in [5, 5.41) is 0. The molecule has 0 amide bonds. The third kappa shape index (κ3) is 3.12. The van der Waals surface area contributed by atoms with E-state index >= 15 is 0 Å². The Morgan fingerprint density at radius 3 is 2.33 bits per heavy atom. The maximum atomic E-state index is 10.7. The van der Waals surface area contributed by atoms with Gasteiger partial charge in [-0.05, 0) is 20.3 Å². The van der Waals surface area contributed by atoms with Crippen LogP contribution in [0.3, 0.4) is 0 Å². The Labute approximate surface area is 56.2 Å². The molecule has 0 aliphatic rings. The zero-order valence-electron chi connectivity index (χ0n) is 6.23. The summed E-state index contributed by atoms with van der Waals surface area (Å²) in [4.78, 5) is 10.7. The standard InChI is InChI=1S/C7H13O2/c1-4-6(3)7(8)9-5-2/h4-5H2,1-3H3. The van der Waals surface area contributed by atoms with Crippen molar-refractivity contribution in [1.29, 1.82) is 0 Å². The Kier molecular flexibility index (Phi) is 4.10. The molecule has 0 saturated carbocycles. The van der Waals surface area contributed by atoms with Crippen molar-refractivity contribution in [3.05, 3.63) is 5.92 Å². The van der Waals surface area contributed by atoms with E-state index < -0.39 is 0 Å². The zero-order chi connectivity index (χ0) is 7.28. The summed E-state index contributed by atoms with van der Waals surface area (Å²) >= 11 is 0. The zero-order valence-corrected chi connectivity index (χ0v) is 6.23. The van der Waals surface area contributed by atoms with Gasteiger partial charge in [0.15, 0.2) is 0 Å². The Morgan fingerprint density at radius 1 is 1.44 bits per heavy atom. The highest BCUT2D eigenvalue weighted by Gasteiger charge is 2.10. The van der Waals surface area contributed by atoms with Gasteiger partial charge >= 0.3 is 5.97 Å². The molecule has 0 aromatic carbocycles. The van der Waals surface area contributed by atoms with Crippen molar-refractivity contribution < 1.29 is 9.53 Å². The normalized spacial score (nSPS) is 9.78. The molecule has 0 heterocycles. The smallest absolute Gasteiger partial charge is 0.312 e. The monoisotopic (exact) mass is 129 g/mol. The molecule has 0 N–H and O–H groups in total. The lowest BCUT2D eigenvalue weighted by atomic mass is 10.1. The SMILES string of the molecule is CCOC(=O)[C](C)CC. The second-order valence-electron chi connectivity index (χ2n) is 1.85. The molecule has 2 nitrogen and oxygen atoms in total. The lowest BCUT2D eigenvalue weighted by Crippen LogP contribution is -2.11. The molecule has 0 atom stereocenters. The average Bonchev–Trinajstić information content (AvgIpc) is 1.87. The number of rotatable bonds is 3. The molecule has 53 valence electrons. The first-order valence-electron chi connectivity index (χ1n) is 3.21. The quantitative estimate of drug-likeness (QED) is 0.540. The summed E-state index contributed by atoms with van der Waals surface area (Å²) in [6, 6.07) is 0. The molecule has 0 fully saturated rings. The third-order valence-electron chi connectivity index (χ3n) is 1.15. The highest BCUT2D eigenvalue weighted by Crippen LogP contribution is 2.04. The molecule has 0 aliphatic carbocycles. The fraction of sp³-hybridized carbons (Fsp3) is 0.714. The van der Waals surface area contributed by atoms with Crippen LogP contribution in [0.5, 0.6) is 0 Å². The van der Waals surface area contributed by atoms with Crippen LogP contribution in [-0.4, -0.2) is 12.6 Å². The first-order chi connectivity index (χ1) is 4.22. The Bertz CT molecular complexity index is 88.9. The van der Waals surface area contributed by atoms with Crippen LogP contribution in [0, 0.1) is 5.92 Å². The number of esters is 1. The van der Waals surface area contributed by atoms with Crippen molar-refractivity contribution in [3.8, 4) is 0 Å². The summed E-state index contributed by atoms with van der Waals surface area (Å²) in [5.41, 5.74) is 0. The molecule has 0 spiro atoms. The van der Waals surface area contributed by atoms with E-state index in [-0.39, 0.29) is 5.97 Å².